The van der Waals surface area contributed by atoms with Crippen LogP contribution < -0.4 is 5.32 Å². The van der Waals surface area contributed by atoms with Gasteiger partial charge in [-0.15, -0.1) is 0 Å². The number of nitrogens with one attached hydrogen (secondary N) is 1. The SMILES string of the molecule is CCC(NC1C=C(CO)C(O)C(O)C1O)/C(O)=C(/O)C(O)OC(CCO)C(O)C(O)C(O)OC(CCO)C(O)C(O)C(O)OC1C(CO)OC(O)C(O)C1O. The molecule has 0 saturated carbocycles. The van der Waals surface area contributed by atoms with Crippen molar-refractivity contribution in [3.05, 3.63) is 23.2 Å². The Morgan fingerprint density at radius 2 is 1.25 bits per heavy atom. The maximum absolute atomic E-state index is 10.8. The van der Waals surface area contributed by atoms with Crippen LogP contribution in [0.4, 0.5) is 0 Å². The molecule has 1 aliphatic heterocycles. The van der Waals surface area contributed by atoms with Crippen LogP contribution in [0.5, 0.6) is 0 Å². The Morgan fingerprint density at radius 1 is 0.709 bits per heavy atom. The molecule has 19 atom stereocenters. The summed E-state index contributed by atoms with van der Waals surface area (Å²) in [5.41, 5.74) is -0.0571. The highest BCUT2D eigenvalue weighted by Crippen LogP contribution is 2.26. The maximum atomic E-state index is 10.8. The Kier molecular flexibility index (Phi) is 20.6. The molecule has 2 rings (SSSR count). The average molecular weight is 812 g/mol. The molecule has 0 amide bonds. The van der Waals surface area contributed by atoms with Crippen molar-refractivity contribution in [2.24, 2.45) is 0 Å². The van der Waals surface area contributed by atoms with Gasteiger partial charge in [0.25, 0.3) is 0 Å². The number of hydrogen-bond donors (Lipinski definition) is 20. The van der Waals surface area contributed by atoms with Crippen LogP contribution >= 0.6 is 0 Å². The fourth-order valence-electron chi connectivity index (χ4n) is 5.90. The summed E-state index contributed by atoms with van der Waals surface area (Å²) in [5, 5.41) is 196. The molecule has 20 N–H and O–H groups in total. The van der Waals surface area contributed by atoms with E-state index in [9.17, 15) is 97.0 Å². The lowest BCUT2D eigenvalue weighted by Gasteiger charge is -2.41. The molecule has 19 unspecified atom stereocenters. The molecule has 1 heterocycles. The van der Waals surface area contributed by atoms with Gasteiger partial charge in [0.1, 0.15) is 67.1 Å². The summed E-state index contributed by atoms with van der Waals surface area (Å²) in [6, 6.07) is -2.46. The predicted octanol–water partition coefficient (Wildman–Crippen LogP) is -9.18. The molecular weight excluding hydrogens is 754 g/mol. The first-order valence-electron chi connectivity index (χ1n) is 17.3. The van der Waals surface area contributed by atoms with Gasteiger partial charge in [-0.05, 0) is 24.8 Å². The zero-order valence-electron chi connectivity index (χ0n) is 29.6. The van der Waals surface area contributed by atoms with Gasteiger partial charge in [0.15, 0.2) is 30.4 Å². The summed E-state index contributed by atoms with van der Waals surface area (Å²) >= 11 is 0. The van der Waals surface area contributed by atoms with E-state index in [1.807, 2.05) is 0 Å². The van der Waals surface area contributed by atoms with E-state index in [4.69, 9.17) is 18.9 Å². The molecule has 0 aromatic carbocycles. The lowest BCUT2D eigenvalue weighted by Crippen LogP contribution is -2.61. The Hall–Kier alpha value is -1.80. The average Bonchev–Trinajstić information content (AvgIpc) is 3.17. The summed E-state index contributed by atoms with van der Waals surface area (Å²) in [4.78, 5) is 0. The minimum atomic E-state index is -2.52. The highest BCUT2D eigenvalue weighted by Gasteiger charge is 2.47. The van der Waals surface area contributed by atoms with Crippen LogP contribution in [0.3, 0.4) is 0 Å². The molecule has 0 bridgehead atoms. The minimum Gasteiger partial charge on any atom is -0.507 e. The molecule has 0 aromatic rings. The first-order chi connectivity index (χ1) is 25.8. The van der Waals surface area contributed by atoms with Crippen LogP contribution in [0, 0.1) is 0 Å². The van der Waals surface area contributed by atoms with Crippen molar-refractivity contribution in [1.29, 1.82) is 0 Å². The second-order valence-corrected chi connectivity index (χ2v) is 13.0. The summed E-state index contributed by atoms with van der Waals surface area (Å²) < 4.78 is 20.2. The van der Waals surface area contributed by atoms with E-state index in [-0.39, 0.29) is 12.0 Å². The molecule has 0 aromatic heterocycles. The largest absolute Gasteiger partial charge is 0.507 e. The number of hydrogen-bond acceptors (Lipinski definition) is 24. The Morgan fingerprint density at radius 3 is 1.76 bits per heavy atom. The first-order valence-corrected chi connectivity index (χ1v) is 17.3. The van der Waals surface area contributed by atoms with Gasteiger partial charge in [0, 0.05) is 13.2 Å². The molecule has 0 radical (unpaired) electrons. The number of rotatable bonds is 23. The summed E-state index contributed by atoms with van der Waals surface area (Å²) in [5.74, 6) is -2.23. The fraction of sp³-hybridized carbons (Fsp3) is 0.871. The zero-order chi connectivity index (χ0) is 41.9. The smallest absolute Gasteiger partial charge is 0.217 e. The van der Waals surface area contributed by atoms with Gasteiger partial charge >= 0.3 is 0 Å². The van der Waals surface area contributed by atoms with Gasteiger partial charge < -0.3 is 116 Å². The van der Waals surface area contributed by atoms with E-state index >= 15 is 0 Å². The molecule has 1 aliphatic carbocycles. The van der Waals surface area contributed by atoms with E-state index in [2.05, 4.69) is 5.32 Å². The molecule has 24 nitrogen and oxygen atoms in total. The minimum absolute atomic E-state index is 0.0379. The van der Waals surface area contributed by atoms with Gasteiger partial charge in [-0.2, -0.15) is 0 Å². The third-order valence-electron chi connectivity index (χ3n) is 9.25. The lowest BCUT2D eigenvalue weighted by molar-refractivity contribution is -0.327. The molecule has 1 fully saturated rings. The van der Waals surface area contributed by atoms with Gasteiger partial charge in [0.2, 0.25) is 6.29 Å². The highest BCUT2D eigenvalue weighted by atomic mass is 16.7. The van der Waals surface area contributed by atoms with Crippen LogP contribution in [0.15, 0.2) is 23.2 Å². The van der Waals surface area contributed by atoms with Crippen LogP contribution in [-0.4, -0.2) is 240 Å². The van der Waals surface area contributed by atoms with Crippen molar-refractivity contribution in [2.75, 3.05) is 26.4 Å². The van der Waals surface area contributed by atoms with E-state index in [1.54, 1.807) is 0 Å². The normalized spacial score (nSPS) is 33.6. The summed E-state index contributed by atoms with van der Waals surface area (Å²) in [6.07, 6.45) is -34.8. The van der Waals surface area contributed by atoms with Gasteiger partial charge in [-0.3, -0.25) is 5.32 Å². The summed E-state index contributed by atoms with van der Waals surface area (Å²) in [6.45, 7) is -1.68. The van der Waals surface area contributed by atoms with Crippen LogP contribution in [0.2, 0.25) is 0 Å². The fourth-order valence-corrected chi connectivity index (χ4v) is 5.90. The third kappa shape index (κ3) is 12.6. The second-order valence-electron chi connectivity index (χ2n) is 13.0. The van der Waals surface area contributed by atoms with Gasteiger partial charge in [-0.1, -0.05) is 13.0 Å². The van der Waals surface area contributed by atoms with Crippen molar-refractivity contribution in [3.8, 4) is 0 Å². The molecule has 324 valence electrons. The standard InChI is InChI=1S/C31H57NO23/c1-2-11(32-12-7-10(8-35)16(37)21(42)18(12)39)17(38)23(44)28(48)52-13(3-5-33)19(40)24(45)29(49)53-14(4-6-34)20(41)25(46)31(51)55-27-15(9-36)54-30(50)26(47)22(27)43/h7,11-16,18-22,24-51H,2-6,8-9H2,1H3/b23-17-. The Balaban J connectivity index is 2.15. The van der Waals surface area contributed by atoms with E-state index in [1.165, 1.54) is 13.0 Å². The van der Waals surface area contributed by atoms with Crippen molar-refractivity contribution in [1.82, 2.24) is 5.32 Å². The van der Waals surface area contributed by atoms with Gasteiger partial charge in [0.05, 0.1) is 37.5 Å². The molecule has 55 heavy (non-hydrogen) atoms. The van der Waals surface area contributed by atoms with Crippen molar-refractivity contribution < 1.29 is 116 Å². The predicted molar refractivity (Wildman–Crippen MR) is 177 cm³/mol. The van der Waals surface area contributed by atoms with Crippen LogP contribution in [0.25, 0.3) is 0 Å². The second kappa shape index (κ2) is 23.0. The molecule has 24 heteroatoms. The zero-order valence-corrected chi connectivity index (χ0v) is 29.6. The van der Waals surface area contributed by atoms with Crippen LogP contribution in [0.1, 0.15) is 26.2 Å². The van der Waals surface area contributed by atoms with Crippen molar-refractivity contribution in [2.45, 2.75) is 143 Å². The van der Waals surface area contributed by atoms with Gasteiger partial charge in [-0.25, -0.2) is 0 Å². The molecule has 1 saturated heterocycles. The van der Waals surface area contributed by atoms with E-state index in [0.29, 0.717) is 0 Å². The van der Waals surface area contributed by atoms with Crippen LogP contribution in [-0.2, 0) is 18.9 Å². The first kappa shape index (κ1) is 49.3. The quantitative estimate of drug-likeness (QED) is 0.0259. The molecule has 0 spiro atoms. The topological polar surface area (TPSA) is 433 Å². The highest BCUT2D eigenvalue weighted by molar-refractivity contribution is 5.23. The monoisotopic (exact) mass is 811 g/mol. The maximum Gasteiger partial charge on any atom is 0.217 e. The third-order valence-corrected chi connectivity index (χ3v) is 9.25. The number of ether oxygens (including phenoxy) is 4. The number of aliphatic hydroxyl groups is 19. The summed E-state index contributed by atoms with van der Waals surface area (Å²) in [7, 11) is 0. The van der Waals surface area contributed by atoms with E-state index in [0.717, 1.165) is 0 Å². The number of aliphatic hydroxyl groups excluding tert-OH is 19. The van der Waals surface area contributed by atoms with Crippen molar-refractivity contribution >= 4 is 0 Å². The van der Waals surface area contributed by atoms with Crippen molar-refractivity contribution in [3.63, 3.8) is 0 Å². The Labute approximate surface area is 313 Å². The molecule has 2 aliphatic rings. The van der Waals surface area contributed by atoms with E-state index < -0.39 is 167 Å². The molecular formula is C31H57NO23. The lowest BCUT2D eigenvalue weighted by atomic mass is 9.87. The Bertz CT molecular complexity index is 1180.